The van der Waals surface area contributed by atoms with E-state index in [1.165, 1.54) is 27.3 Å². The molecule has 0 saturated heterocycles. The minimum absolute atomic E-state index is 0.916. The molecule has 0 aliphatic carbocycles. The van der Waals surface area contributed by atoms with Gasteiger partial charge in [-0.2, -0.15) is 0 Å². The quantitative estimate of drug-likeness (QED) is 0.853. The smallest absolute Gasteiger partial charge is 0.0449 e. The summed E-state index contributed by atoms with van der Waals surface area (Å²) >= 11 is 0. The van der Waals surface area contributed by atoms with E-state index < -0.39 is 0 Å². The number of nitrogens with one attached hydrogen (secondary N) is 2. The summed E-state index contributed by atoms with van der Waals surface area (Å²) in [6, 6.07) is 8.73. The first-order chi connectivity index (χ1) is 9.27. The van der Waals surface area contributed by atoms with Crippen molar-refractivity contribution >= 4 is 11.3 Å². The van der Waals surface area contributed by atoms with Gasteiger partial charge >= 0.3 is 0 Å². The van der Waals surface area contributed by atoms with Crippen molar-refractivity contribution in [1.82, 2.24) is 10.6 Å². The molecule has 0 aromatic heterocycles. The van der Waals surface area contributed by atoms with Crippen LogP contribution < -0.4 is 21.1 Å². The normalized spacial score (nSPS) is 15.8. The summed E-state index contributed by atoms with van der Waals surface area (Å²) in [6.45, 7) is 6.40. The minimum Gasteiger partial charge on any atom is -0.384 e. The van der Waals surface area contributed by atoms with Gasteiger partial charge < -0.3 is 10.6 Å². The van der Waals surface area contributed by atoms with Crippen LogP contribution in [0.25, 0.3) is 11.3 Å². The van der Waals surface area contributed by atoms with E-state index in [2.05, 4.69) is 54.8 Å². The van der Waals surface area contributed by atoms with Crippen LogP contribution in [0, 0.1) is 0 Å². The summed E-state index contributed by atoms with van der Waals surface area (Å²) in [5.74, 6) is 0. The Morgan fingerprint density at radius 1 is 1.32 bits per heavy atom. The first-order valence-electron chi connectivity index (χ1n) is 7.15. The lowest BCUT2D eigenvalue weighted by Gasteiger charge is -2.12. The van der Waals surface area contributed by atoms with Crippen molar-refractivity contribution in [2.24, 2.45) is 0 Å². The Bertz CT molecular complexity index is 582. The summed E-state index contributed by atoms with van der Waals surface area (Å²) in [4.78, 5) is 0. The van der Waals surface area contributed by atoms with Gasteiger partial charge in [0.1, 0.15) is 0 Å². The Kier molecular flexibility index (Phi) is 4.80. The molecule has 1 aliphatic rings. The monoisotopic (exact) mass is 256 g/mol. The Hall–Kier alpha value is -1.54. The predicted molar refractivity (Wildman–Crippen MR) is 83.1 cm³/mol. The highest BCUT2D eigenvalue weighted by atomic mass is 14.9. The average molecular weight is 256 g/mol. The third-order valence-electron chi connectivity index (χ3n) is 3.71. The third kappa shape index (κ3) is 3.07. The molecular weight excluding hydrogens is 232 g/mol. The van der Waals surface area contributed by atoms with Crippen LogP contribution in [0.15, 0.2) is 35.9 Å². The predicted octanol–water partition coefficient (Wildman–Crippen LogP) is 1.51. The number of likely N-dealkylation sites (N-methyl/N-ethyl adjacent to an activating group) is 1. The van der Waals surface area contributed by atoms with Crippen LogP contribution in [-0.4, -0.2) is 20.1 Å². The van der Waals surface area contributed by atoms with Gasteiger partial charge in [-0.05, 0) is 37.6 Å². The zero-order chi connectivity index (χ0) is 13.7. The second kappa shape index (κ2) is 6.58. The highest BCUT2D eigenvalue weighted by Gasteiger charge is 2.08. The topological polar surface area (TPSA) is 24.1 Å². The van der Waals surface area contributed by atoms with Crippen molar-refractivity contribution in [3.63, 3.8) is 0 Å². The molecule has 0 atom stereocenters. The van der Waals surface area contributed by atoms with Crippen LogP contribution in [-0.2, 0) is 0 Å². The molecule has 2 heteroatoms. The van der Waals surface area contributed by atoms with Crippen molar-refractivity contribution < 1.29 is 0 Å². The van der Waals surface area contributed by atoms with E-state index in [9.17, 15) is 0 Å². The fourth-order valence-electron chi connectivity index (χ4n) is 2.61. The molecule has 2 N–H and O–H groups in total. The molecule has 1 heterocycles. The Morgan fingerprint density at radius 3 is 2.74 bits per heavy atom. The number of hydrogen-bond acceptors (Lipinski definition) is 2. The van der Waals surface area contributed by atoms with Gasteiger partial charge in [-0.15, -0.1) is 0 Å². The zero-order valence-electron chi connectivity index (χ0n) is 12.2. The maximum Gasteiger partial charge on any atom is 0.0449 e. The molecule has 1 aromatic rings. The summed E-state index contributed by atoms with van der Waals surface area (Å²) in [5, 5.41) is 9.57. The van der Waals surface area contributed by atoms with Crippen molar-refractivity contribution in [3.05, 3.63) is 46.4 Å². The van der Waals surface area contributed by atoms with Gasteiger partial charge in [-0.3, -0.25) is 0 Å². The van der Waals surface area contributed by atoms with Gasteiger partial charge in [0.2, 0.25) is 0 Å². The fourth-order valence-corrected chi connectivity index (χ4v) is 2.61. The van der Waals surface area contributed by atoms with Gasteiger partial charge in [0.05, 0.1) is 0 Å². The molecule has 0 bridgehead atoms. The summed E-state index contributed by atoms with van der Waals surface area (Å²) < 4.78 is 0. The SMILES string of the molecule is CC/C(=C\CNC)C1=c2ccccc2=C(C)CCN1. The van der Waals surface area contributed by atoms with Crippen molar-refractivity contribution in [1.29, 1.82) is 0 Å². The summed E-state index contributed by atoms with van der Waals surface area (Å²) in [6.07, 6.45) is 4.46. The van der Waals surface area contributed by atoms with E-state index in [0.29, 0.717) is 0 Å². The van der Waals surface area contributed by atoms with Crippen LogP contribution >= 0.6 is 0 Å². The highest BCUT2D eigenvalue weighted by molar-refractivity contribution is 5.64. The Labute approximate surface area is 115 Å². The van der Waals surface area contributed by atoms with E-state index in [1.54, 1.807) is 0 Å². The number of fused-ring (bicyclic) bond motifs is 1. The molecule has 102 valence electrons. The van der Waals surface area contributed by atoms with E-state index in [0.717, 1.165) is 25.9 Å². The first kappa shape index (κ1) is 13.9. The molecule has 0 spiro atoms. The van der Waals surface area contributed by atoms with Gasteiger partial charge in [0, 0.05) is 24.0 Å². The van der Waals surface area contributed by atoms with Crippen LogP contribution in [0.3, 0.4) is 0 Å². The standard InChI is InChI=1S/C17H24N2/c1-4-14(10-11-18-3)17-16-8-6-5-7-15(16)13(2)9-12-19-17/h5-8,10,18-19H,4,9,11-12H2,1-3H3/b14-10+. The van der Waals surface area contributed by atoms with Gasteiger partial charge in [-0.25, -0.2) is 0 Å². The molecule has 0 fully saturated rings. The number of hydrogen-bond donors (Lipinski definition) is 2. The number of rotatable bonds is 4. The molecule has 19 heavy (non-hydrogen) atoms. The molecular formula is C17H24N2. The summed E-state index contributed by atoms with van der Waals surface area (Å²) in [5.41, 5.74) is 4.18. The van der Waals surface area contributed by atoms with Crippen LogP contribution in [0.4, 0.5) is 0 Å². The van der Waals surface area contributed by atoms with Gasteiger partial charge in [-0.1, -0.05) is 42.8 Å². The highest BCUT2D eigenvalue weighted by Crippen LogP contribution is 2.12. The molecule has 1 aliphatic heterocycles. The van der Waals surface area contributed by atoms with E-state index >= 15 is 0 Å². The van der Waals surface area contributed by atoms with Crippen LogP contribution in [0.1, 0.15) is 26.7 Å². The second-order valence-electron chi connectivity index (χ2n) is 5.02. The maximum absolute atomic E-state index is 3.63. The maximum atomic E-state index is 3.63. The Morgan fingerprint density at radius 2 is 2.05 bits per heavy atom. The van der Waals surface area contributed by atoms with Crippen LogP contribution in [0.5, 0.6) is 0 Å². The largest absolute Gasteiger partial charge is 0.384 e. The van der Waals surface area contributed by atoms with E-state index in [1.807, 2.05) is 7.05 Å². The first-order valence-corrected chi connectivity index (χ1v) is 7.15. The second-order valence-corrected chi connectivity index (χ2v) is 5.02. The van der Waals surface area contributed by atoms with Crippen molar-refractivity contribution in [3.8, 4) is 0 Å². The molecule has 0 radical (unpaired) electrons. The van der Waals surface area contributed by atoms with Gasteiger partial charge in [0.15, 0.2) is 0 Å². The third-order valence-corrected chi connectivity index (χ3v) is 3.71. The lowest BCUT2D eigenvalue weighted by Crippen LogP contribution is -2.31. The van der Waals surface area contributed by atoms with E-state index in [-0.39, 0.29) is 0 Å². The van der Waals surface area contributed by atoms with Crippen molar-refractivity contribution in [2.75, 3.05) is 20.1 Å². The fraction of sp³-hybridized carbons (Fsp3) is 0.412. The van der Waals surface area contributed by atoms with Crippen LogP contribution in [0.2, 0.25) is 0 Å². The molecule has 0 saturated carbocycles. The zero-order valence-corrected chi connectivity index (χ0v) is 12.2. The number of benzene rings is 1. The Balaban J connectivity index is 2.67. The lowest BCUT2D eigenvalue weighted by atomic mass is 10.0. The molecule has 0 amide bonds. The average Bonchev–Trinajstić information content (AvgIpc) is 2.61. The molecule has 2 nitrogen and oxygen atoms in total. The van der Waals surface area contributed by atoms with Crippen molar-refractivity contribution in [2.45, 2.75) is 26.7 Å². The minimum atomic E-state index is 0.916. The lowest BCUT2D eigenvalue weighted by molar-refractivity contribution is 0.859. The molecule has 1 aromatic carbocycles. The van der Waals surface area contributed by atoms with Gasteiger partial charge in [0.25, 0.3) is 0 Å². The molecule has 0 unspecified atom stereocenters. The molecule has 2 rings (SSSR count). The summed E-state index contributed by atoms with van der Waals surface area (Å²) in [7, 11) is 1.99. The van der Waals surface area contributed by atoms with E-state index in [4.69, 9.17) is 0 Å².